The summed E-state index contributed by atoms with van der Waals surface area (Å²) >= 11 is 0. The molecule has 126 valence electrons. The van der Waals surface area contributed by atoms with Crippen molar-refractivity contribution in [2.45, 2.75) is 44.9 Å². The molecule has 2 amide bonds. The van der Waals surface area contributed by atoms with Crippen molar-refractivity contribution in [1.82, 2.24) is 15.5 Å². The second-order valence-electron chi connectivity index (χ2n) is 6.78. The van der Waals surface area contributed by atoms with Crippen LogP contribution in [-0.2, 0) is 13.1 Å². The molecule has 1 aliphatic carbocycles. The van der Waals surface area contributed by atoms with Gasteiger partial charge in [0.15, 0.2) is 0 Å². The van der Waals surface area contributed by atoms with Crippen LogP contribution in [-0.4, -0.2) is 41.8 Å². The summed E-state index contributed by atoms with van der Waals surface area (Å²) < 4.78 is 0. The largest absolute Gasteiger partial charge is 0.393 e. The van der Waals surface area contributed by atoms with Crippen LogP contribution in [0, 0.1) is 5.92 Å². The highest BCUT2D eigenvalue weighted by atomic mass is 16.3. The standard InChI is InChI=1S/C18H27N3O2/c22-17-7-9-21(10-8-17)13-16-4-2-1-3-15(16)12-20-18(23)19-11-14-5-6-14/h1-4,14,17,22H,5-13H2,(H2,19,20,23). The molecule has 1 saturated carbocycles. The van der Waals surface area contributed by atoms with Gasteiger partial charge in [0.1, 0.15) is 0 Å². The molecule has 1 aromatic rings. The molecule has 3 N–H and O–H groups in total. The van der Waals surface area contributed by atoms with E-state index in [-0.39, 0.29) is 12.1 Å². The number of rotatable bonds is 6. The van der Waals surface area contributed by atoms with Crippen LogP contribution in [0.5, 0.6) is 0 Å². The Bertz CT molecular complexity index is 523. The molecule has 0 atom stereocenters. The van der Waals surface area contributed by atoms with E-state index >= 15 is 0 Å². The fourth-order valence-electron chi connectivity index (χ4n) is 3.00. The molecule has 1 saturated heterocycles. The van der Waals surface area contributed by atoms with Crippen molar-refractivity contribution in [1.29, 1.82) is 0 Å². The molecular formula is C18H27N3O2. The highest BCUT2D eigenvalue weighted by Crippen LogP contribution is 2.27. The summed E-state index contributed by atoms with van der Waals surface area (Å²) in [6.45, 7) is 4.11. The molecule has 2 aliphatic rings. The summed E-state index contributed by atoms with van der Waals surface area (Å²) in [5, 5.41) is 15.5. The van der Waals surface area contributed by atoms with Crippen LogP contribution in [0.15, 0.2) is 24.3 Å². The Hall–Kier alpha value is -1.59. The van der Waals surface area contributed by atoms with E-state index in [1.54, 1.807) is 0 Å². The van der Waals surface area contributed by atoms with Crippen molar-refractivity contribution < 1.29 is 9.90 Å². The van der Waals surface area contributed by atoms with Gasteiger partial charge >= 0.3 is 6.03 Å². The van der Waals surface area contributed by atoms with E-state index in [9.17, 15) is 9.90 Å². The smallest absolute Gasteiger partial charge is 0.315 e. The van der Waals surface area contributed by atoms with Gasteiger partial charge in [-0.1, -0.05) is 24.3 Å². The fraction of sp³-hybridized carbons (Fsp3) is 0.611. The van der Waals surface area contributed by atoms with Crippen molar-refractivity contribution in [3.05, 3.63) is 35.4 Å². The summed E-state index contributed by atoms with van der Waals surface area (Å²) in [4.78, 5) is 14.2. The molecule has 0 aromatic heterocycles. The Morgan fingerprint density at radius 3 is 2.48 bits per heavy atom. The number of hydrogen-bond donors (Lipinski definition) is 3. The minimum Gasteiger partial charge on any atom is -0.393 e. The lowest BCUT2D eigenvalue weighted by Gasteiger charge is -2.30. The minimum atomic E-state index is -0.140. The average molecular weight is 317 g/mol. The Morgan fingerprint density at radius 1 is 1.09 bits per heavy atom. The van der Waals surface area contributed by atoms with Crippen LogP contribution in [0.3, 0.4) is 0 Å². The molecule has 5 heteroatoms. The zero-order valence-electron chi connectivity index (χ0n) is 13.6. The first kappa shape index (κ1) is 16.3. The summed E-state index contributed by atoms with van der Waals surface area (Å²) in [6, 6.07) is 8.19. The Labute approximate surface area is 138 Å². The molecule has 0 spiro atoms. The number of aliphatic hydroxyl groups excluding tert-OH is 1. The van der Waals surface area contributed by atoms with E-state index in [1.807, 2.05) is 12.1 Å². The topological polar surface area (TPSA) is 64.6 Å². The Kier molecular flexibility index (Phi) is 5.51. The Morgan fingerprint density at radius 2 is 1.78 bits per heavy atom. The number of urea groups is 1. The van der Waals surface area contributed by atoms with Gasteiger partial charge in [0.25, 0.3) is 0 Å². The molecule has 0 bridgehead atoms. The van der Waals surface area contributed by atoms with E-state index in [0.29, 0.717) is 12.5 Å². The maximum atomic E-state index is 11.8. The van der Waals surface area contributed by atoms with Crippen molar-refractivity contribution in [2.75, 3.05) is 19.6 Å². The summed E-state index contributed by atoms with van der Waals surface area (Å²) in [6.07, 6.45) is 4.05. The molecule has 1 aromatic carbocycles. The van der Waals surface area contributed by atoms with Crippen molar-refractivity contribution in [3.8, 4) is 0 Å². The number of benzene rings is 1. The first-order valence-electron chi connectivity index (χ1n) is 8.69. The monoisotopic (exact) mass is 317 g/mol. The van der Waals surface area contributed by atoms with Crippen LogP contribution in [0.1, 0.15) is 36.8 Å². The lowest BCUT2D eigenvalue weighted by molar-refractivity contribution is 0.0791. The van der Waals surface area contributed by atoms with E-state index in [2.05, 4.69) is 27.7 Å². The van der Waals surface area contributed by atoms with E-state index in [1.165, 1.54) is 24.0 Å². The molecule has 23 heavy (non-hydrogen) atoms. The first-order chi connectivity index (χ1) is 11.2. The maximum absolute atomic E-state index is 11.8. The van der Waals surface area contributed by atoms with Gasteiger partial charge in [-0.25, -0.2) is 4.79 Å². The van der Waals surface area contributed by atoms with Gasteiger partial charge in [-0.05, 0) is 42.7 Å². The SMILES string of the molecule is O=C(NCc1ccccc1CN1CCC(O)CC1)NCC1CC1. The van der Waals surface area contributed by atoms with Gasteiger partial charge in [0.2, 0.25) is 0 Å². The van der Waals surface area contributed by atoms with Crippen molar-refractivity contribution in [3.63, 3.8) is 0 Å². The Balaban J connectivity index is 1.49. The van der Waals surface area contributed by atoms with E-state index in [4.69, 9.17) is 0 Å². The van der Waals surface area contributed by atoms with Crippen LogP contribution < -0.4 is 10.6 Å². The average Bonchev–Trinajstić information content (AvgIpc) is 3.38. The number of carbonyl (C=O) groups excluding carboxylic acids is 1. The van der Waals surface area contributed by atoms with Gasteiger partial charge < -0.3 is 15.7 Å². The van der Waals surface area contributed by atoms with E-state index < -0.39 is 0 Å². The lowest BCUT2D eigenvalue weighted by Crippen LogP contribution is -2.37. The predicted molar refractivity (Wildman–Crippen MR) is 89.9 cm³/mol. The number of hydrogen-bond acceptors (Lipinski definition) is 3. The third-order valence-corrected chi connectivity index (χ3v) is 4.76. The number of nitrogens with one attached hydrogen (secondary N) is 2. The molecular weight excluding hydrogens is 290 g/mol. The molecule has 0 unspecified atom stereocenters. The van der Waals surface area contributed by atoms with Crippen molar-refractivity contribution in [2.24, 2.45) is 5.92 Å². The zero-order valence-corrected chi connectivity index (χ0v) is 13.6. The van der Waals surface area contributed by atoms with Gasteiger partial charge in [-0.2, -0.15) is 0 Å². The predicted octanol–water partition coefficient (Wildman–Crippen LogP) is 1.85. The van der Waals surface area contributed by atoms with Crippen LogP contribution >= 0.6 is 0 Å². The molecule has 5 nitrogen and oxygen atoms in total. The number of amides is 2. The molecule has 3 rings (SSSR count). The van der Waals surface area contributed by atoms with Gasteiger partial charge in [-0.15, -0.1) is 0 Å². The third kappa shape index (κ3) is 5.22. The lowest BCUT2D eigenvalue weighted by atomic mass is 10.0. The highest BCUT2D eigenvalue weighted by molar-refractivity contribution is 5.73. The fourth-order valence-corrected chi connectivity index (χ4v) is 3.00. The second kappa shape index (κ2) is 7.79. The highest BCUT2D eigenvalue weighted by Gasteiger charge is 2.21. The minimum absolute atomic E-state index is 0.0761. The number of aliphatic hydroxyl groups is 1. The number of nitrogens with zero attached hydrogens (tertiary/aromatic N) is 1. The number of piperidine rings is 1. The zero-order chi connectivity index (χ0) is 16.1. The number of carbonyl (C=O) groups is 1. The second-order valence-corrected chi connectivity index (χ2v) is 6.78. The summed E-state index contributed by atoms with van der Waals surface area (Å²) in [5.74, 6) is 0.697. The van der Waals surface area contributed by atoms with Crippen LogP contribution in [0.4, 0.5) is 4.79 Å². The quantitative estimate of drug-likeness (QED) is 0.750. The van der Waals surface area contributed by atoms with Crippen molar-refractivity contribution >= 4 is 6.03 Å². The molecule has 0 radical (unpaired) electrons. The molecule has 1 heterocycles. The van der Waals surface area contributed by atoms with Gasteiger partial charge in [0, 0.05) is 32.7 Å². The maximum Gasteiger partial charge on any atom is 0.315 e. The van der Waals surface area contributed by atoms with Crippen LogP contribution in [0.2, 0.25) is 0 Å². The summed E-state index contributed by atoms with van der Waals surface area (Å²) in [5.41, 5.74) is 2.42. The first-order valence-corrected chi connectivity index (χ1v) is 8.69. The third-order valence-electron chi connectivity index (χ3n) is 4.76. The summed E-state index contributed by atoms with van der Waals surface area (Å²) in [7, 11) is 0. The molecule has 1 aliphatic heterocycles. The van der Waals surface area contributed by atoms with Gasteiger partial charge in [0.05, 0.1) is 6.10 Å². The normalized spacial score (nSPS) is 19.5. The van der Waals surface area contributed by atoms with E-state index in [0.717, 1.165) is 39.0 Å². The number of likely N-dealkylation sites (tertiary alicyclic amines) is 1. The molecule has 2 fully saturated rings. The van der Waals surface area contributed by atoms with Crippen LogP contribution in [0.25, 0.3) is 0 Å². The van der Waals surface area contributed by atoms with Gasteiger partial charge in [-0.3, -0.25) is 4.90 Å².